The van der Waals surface area contributed by atoms with Crippen molar-refractivity contribution in [2.45, 2.75) is 58.3 Å². The van der Waals surface area contributed by atoms with Crippen LogP contribution in [0.4, 0.5) is 0 Å². The zero-order chi connectivity index (χ0) is 15.3. The molecule has 4 aliphatic rings. The van der Waals surface area contributed by atoms with Gasteiger partial charge in [0.05, 0.1) is 0 Å². The highest BCUT2D eigenvalue weighted by Crippen LogP contribution is 2.63. The second-order valence-electron chi connectivity index (χ2n) is 8.58. The highest BCUT2D eigenvalue weighted by Gasteiger charge is 2.55. The van der Waals surface area contributed by atoms with Crippen LogP contribution in [0.2, 0.25) is 0 Å². The first-order valence-electron chi connectivity index (χ1n) is 9.35. The third kappa shape index (κ3) is 2.13. The Hall–Kier alpha value is -0.630. The van der Waals surface area contributed by atoms with Crippen LogP contribution in [0, 0.1) is 35.0 Å². The number of hydrogen-bond acceptors (Lipinski definition) is 2. The maximum Gasteiger partial charge on any atom is 0.155 e. The van der Waals surface area contributed by atoms with Gasteiger partial charge >= 0.3 is 0 Å². The number of hydrogen-bond donors (Lipinski definition) is 0. The van der Waals surface area contributed by atoms with E-state index >= 15 is 0 Å². The molecule has 3 saturated carbocycles. The molecule has 122 valence electrons. The number of allylic oxidation sites excluding steroid dienone is 1. The summed E-state index contributed by atoms with van der Waals surface area (Å²) in [6.07, 6.45) is 12.0. The molecule has 0 aromatic carbocycles. The molecule has 4 rings (SSSR count). The number of methoxy groups -OCH3 is 1. The van der Waals surface area contributed by atoms with Gasteiger partial charge in [0.25, 0.3) is 0 Å². The smallest absolute Gasteiger partial charge is 0.155 e. The normalized spacial score (nSPS) is 47.5. The van der Waals surface area contributed by atoms with Crippen molar-refractivity contribution in [2.75, 3.05) is 13.7 Å². The molecule has 0 heterocycles. The standard InChI is InChI=1S/C20H30O2/c1-20-10-9-17-16-7-5-15(21)11-13(16)3-6-18(17)19(20)8-4-14(20)12-22-2/h11,14,16-19H,3-10,12H2,1-2H3/t14-,16+,17-,18-,19+,20-/m1/s1. The van der Waals surface area contributed by atoms with Gasteiger partial charge in [-0.25, -0.2) is 0 Å². The maximum absolute atomic E-state index is 11.7. The predicted octanol–water partition coefficient (Wildman–Crippen LogP) is 4.39. The second-order valence-corrected chi connectivity index (χ2v) is 8.58. The Morgan fingerprint density at radius 2 is 2.00 bits per heavy atom. The van der Waals surface area contributed by atoms with Gasteiger partial charge in [0.1, 0.15) is 0 Å². The first-order valence-corrected chi connectivity index (χ1v) is 9.35. The summed E-state index contributed by atoms with van der Waals surface area (Å²) in [6, 6.07) is 0. The molecule has 2 nitrogen and oxygen atoms in total. The average molecular weight is 302 g/mol. The van der Waals surface area contributed by atoms with E-state index in [1.54, 1.807) is 0 Å². The third-order valence-electron chi connectivity index (χ3n) is 7.86. The van der Waals surface area contributed by atoms with Gasteiger partial charge in [0.15, 0.2) is 5.78 Å². The molecule has 0 N–H and O–H groups in total. The van der Waals surface area contributed by atoms with Gasteiger partial charge in [-0.3, -0.25) is 4.79 Å². The van der Waals surface area contributed by atoms with Crippen molar-refractivity contribution in [3.8, 4) is 0 Å². The van der Waals surface area contributed by atoms with Crippen molar-refractivity contribution in [1.29, 1.82) is 0 Å². The first-order chi connectivity index (χ1) is 10.6. The fourth-order valence-electron chi connectivity index (χ4n) is 6.76. The Kier molecular flexibility index (Phi) is 3.71. The SMILES string of the molecule is COC[C@H]1CC[C@H]2[C@@H]3CCC4=CC(=O)CC[C@@H]4[C@H]3CC[C@]12C. The van der Waals surface area contributed by atoms with E-state index in [0.29, 0.717) is 11.2 Å². The van der Waals surface area contributed by atoms with Crippen molar-refractivity contribution in [1.82, 2.24) is 0 Å². The molecule has 6 atom stereocenters. The van der Waals surface area contributed by atoms with Crippen molar-refractivity contribution >= 4 is 5.78 Å². The molecule has 0 aliphatic heterocycles. The molecule has 0 unspecified atom stereocenters. The van der Waals surface area contributed by atoms with E-state index in [-0.39, 0.29) is 0 Å². The Morgan fingerprint density at radius 1 is 1.14 bits per heavy atom. The summed E-state index contributed by atoms with van der Waals surface area (Å²) in [5.41, 5.74) is 2.02. The topological polar surface area (TPSA) is 26.3 Å². The van der Waals surface area contributed by atoms with Crippen LogP contribution in [0.3, 0.4) is 0 Å². The molecule has 22 heavy (non-hydrogen) atoms. The third-order valence-corrected chi connectivity index (χ3v) is 7.86. The van der Waals surface area contributed by atoms with Crippen LogP contribution >= 0.6 is 0 Å². The number of carbonyl (C=O) groups is 1. The van der Waals surface area contributed by atoms with Gasteiger partial charge in [-0.1, -0.05) is 12.5 Å². The van der Waals surface area contributed by atoms with Gasteiger partial charge in [0, 0.05) is 20.1 Å². The summed E-state index contributed by atoms with van der Waals surface area (Å²) in [6.45, 7) is 3.51. The van der Waals surface area contributed by atoms with Gasteiger partial charge in [-0.05, 0) is 86.0 Å². The monoisotopic (exact) mass is 302 g/mol. The Bertz CT molecular complexity index is 494. The predicted molar refractivity (Wildman–Crippen MR) is 87.5 cm³/mol. The fourth-order valence-corrected chi connectivity index (χ4v) is 6.76. The lowest BCUT2D eigenvalue weighted by atomic mass is 9.51. The van der Waals surface area contributed by atoms with Crippen molar-refractivity contribution < 1.29 is 9.53 Å². The molecule has 0 radical (unpaired) electrons. The van der Waals surface area contributed by atoms with Gasteiger partial charge in [-0.2, -0.15) is 0 Å². The minimum absolute atomic E-state index is 0.381. The second kappa shape index (κ2) is 5.47. The molecular weight excluding hydrogens is 272 g/mol. The number of fused-ring (bicyclic) bond motifs is 5. The van der Waals surface area contributed by atoms with Gasteiger partial charge < -0.3 is 4.74 Å². The molecule has 0 spiro atoms. The largest absolute Gasteiger partial charge is 0.384 e. The summed E-state index contributed by atoms with van der Waals surface area (Å²) < 4.78 is 5.53. The molecule has 0 aromatic rings. The fraction of sp³-hybridized carbons (Fsp3) is 0.850. The molecule has 0 aromatic heterocycles. The lowest BCUT2D eigenvalue weighted by Crippen LogP contribution is -2.46. The lowest BCUT2D eigenvalue weighted by Gasteiger charge is -2.54. The van der Waals surface area contributed by atoms with E-state index < -0.39 is 0 Å². The van der Waals surface area contributed by atoms with Crippen molar-refractivity contribution in [2.24, 2.45) is 35.0 Å². The van der Waals surface area contributed by atoms with Crippen LogP contribution in [-0.4, -0.2) is 19.5 Å². The molecule has 3 fully saturated rings. The Labute approximate surface area is 134 Å². The van der Waals surface area contributed by atoms with E-state index in [9.17, 15) is 4.79 Å². The van der Waals surface area contributed by atoms with Gasteiger partial charge in [0.2, 0.25) is 0 Å². The molecule has 0 amide bonds. The van der Waals surface area contributed by atoms with E-state index in [4.69, 9.17) is 4.74 Å². The molecule has 0 bridgehead atoms. The first kappa shape index (κ1) is 14.9. The molecular formula is C20H30O2. The van der Waals surface area contributed by atoms with Crippen LogP contribution < -0.4 is 0 Å². The van der Waals surface area contributed by atoms with Crippen LogP contribution in [0.5, 0.6) is 0 Å². The highest BCUT2D eigenvalue weighted by molar-refractivity contribution is 5.91. The number of ketones is 1. The van der Waals surface area contributed by atoms with Crippen LogP contribution in [0.25, 0.3) is 0 Å². The minimum Gasteiger partial charge on any atom is -0.384 e. The quantitative estimate of drug-likeness (QED) is 0.756. The Balaban J connectivity index is 1.58. The van der Waals surface area contributed by atoms with E-state index in [1.165, 1.54) is 44.1 Å². The van der Waals surface area contributed by atoms with E-state index in [2.05, 4.69) is 6.92 Å². The molecule has 0 saturated heterocycles. The maximum atomic E-state index is 11.7. The van der Waals surface area contributed by atoms with E-state index in [0.717, 1.165) is 49.0 Å². The van der Waals surface area contributed by atoms with Crippen LogP contribution in [-0.2, 0) is 9.53 Å². The zero-order valence-corrected chi connectivity index (χ0v) is 14.1. The van der Waals surface area contributed by atoms with Crippen LogP contribution in [0.15, 0.2) is 11.6 Å². The highest BCUT2D eigenvalue weighted by atomic mass is 16.5. The van der Waals surface area contributed by atoms with Crippen LogP contribution in [0.1, 0.15) is 58.3 Å². The van der Waals surface area contributed by atoms with E-state index in [1.807, 2.05) is 13.2 Å². The summed E-state index contributed by atoms with van der Waals surface area (Å²) in [5.74, 6) is 4.58. The zero-order valence-electron chi connectivity index (χ0n) is 14.1. The van der Waals surface area contributed by atoms with Gasteiger partial charge in [-0.15, -0.1) is 0 Å². The number of rotatable bonds is 2. The number of carbonyl (C=O) groups excluding carboxylic acids is 1. The average Bonchev–Trinajstić information content (AvgIpc) is 2.84. The van der Waals surface area contributed by atoms with Crippen molar-refractivity contribution in [3.05, 3.63) is 11.6 Å². The van der Waals surface area contributed by atoms with Crippen molar-refractivity contribution in [3.63, 3.8) is 0 Å². The Morgan fingerprint density at radius 3 is 2.82 bits per heavy atom. The summed E-state index contributed by atoms with van der Waals surface area (Å²) in [4.78, 5) is 11.7. The molecule has 4 aliphatic carbocycles. The number of ether oxygens (including phenoxy) is 1. The molecule has 2 heteroatoms. The summed E-state index contributed by atoms with van der Waals surface area (Å²) >= 11 is 0. The minimum atomic E-state index is 0.381. The summed E-state index contributed by atoms with van der Waals surface area (Å²) in [7, 11) is 1.86. The summed E-state index contributed by atoms with van der Waals surface area (Å²) in [5, 5.41) is 0. The lowest BCUT2D eigenvalue weighted by molar-refractivity contribution is -0.116.